The fourth-order valence-corrected chi connectivity index (χ4v) is 0.466. The van der Waals surface area contributed by atoms with Gasteiger partial charge in [0.15, 0.2) is 0 Å². The molecule has 0 aliphatic carbocycles. The van der Waals surface area contributed by atoms with Gasteiger partial charge in [0, 0.05) is 12.5 Å². The monoisotopic (exact) mass is 128 g/mol. The van der Waals surface area contributed by atoms with Crippen molar-refractivity contribution in [1.29, 1.82) is 0 Å². The van der Waals surface area contributed by atoms with E-state index in [2.05, 4.69) is 18.8 Å². The molecule has 9 heavy (non-hydrogen) atoms. The summed E-state index contributed by atoms with van der Waals surface area (Å²) in [5, 5.41) is 0. The summed E-state index contributed by atoms with van der Waals surface area (Å²) in [6.07, 6.45) is 1.94. The van der Waals surface area contributed by atoms with E-state index in [1.807, 2.05) is 6.92 Å². The van der Waals surface area contributed by atoms with Gasteiger partial charge in [0.05, 0.1) is 5.84 Å². The maximum absolute atomic E-state index is 5.50. The number of nitrogens with zero attached hydrogens (tertiary/aromatic N) is 1. The van der Waals surface area contributed by atoms with Crippen molar-refractivity contribution in [2.75, 3.05) is 0 Å². The van der Waals surface area contributed by atoms with Crippen LogP contribution < -0.4 is 5.73 Å². The molecular weight excluding hydrogens is 112 g/mol. The van der Waals surface area contributed by atoms with Gasteiger partial charge in [0.1, 0.15) is 0 Å². The van der Waals surface area contributed by atoms with Crippen LogP contribution in [0.1, 0.15) is 33.6 Å². The Kier molecular flexibility index (Phi) is 4.10. The van der Waals surface area contributed by atoms with E-state index in [1.54, 1.807) is 0 Å². The largest absolute Gasteiger partial charge is 0.387 e. The van der Waals surface area contributed by atoms with E-state index in [-0.39, 0.29) is 0 Å². The van der Waals surface area contributed by atoms with Crippen molar-refractivity contribution in [3.8, 4) is 0 Å². The molecular formula is C7H16N2. The number of hydrogen-bond acceptors (Lipinski definition) is 1. The summed E-state index contributed by atoms with van der Waals surface area (Å²) < 4.78 is 0. The molecule has 2 N–H and O–H groups in total. The maximum Gasteiger partial charge on any atom is 0.0937 e. The summed E-state index contributed by atoms with van der Waals surface area (Å²) in [7, 11) is 0. The van der Waals surface area contributed by atoms with Gasteiger partial charge in [-0.25, -0.2) is 0 Å². The Balaban J connectivity index is 3.64. The van der Waals surface area contributed by atoms with Crippen molar-refractivity contribution in [1.82, 2.24) is 0 Å². The molecule has 2 heteroatoms. The van der Waals surface area contributed by atoms with E-state index in [0.29, 0.717) is 6.04 Å². The van der Waals surface area contributed by atoms with Crippen LogP contribution in [-0.2, 0) is 0 Å². The first kappa shape index (κ1) is 8.47. The van der Waals surface area contributed by atoms with Crippen molar-refractivity contribution < 1.29 is 0 Å². The van der Waals surface area contributed by atoms with E-state index in [9.17, 15) is 0 Å². The van der Waals surface area contributed by atoms with Crippen LogP contribution in [0.25, 0.3) is 0 Å². The van der Waals surface area contributed by atoms with Crippen LogP contribution >= 0.6 is 0 Å². The molecule has 2 nitrogen and oxygen atoms in total. The maximum atomic E-state index is 5.50. The predicted octanol–water partition coefficient (Wildman–Crippen LogP) is 1.55. The molecule has 0 aromatic rings. The smallest absolute Gasteiger partial charge is 0.0937 e. The summed E-state index contributed by atoms with van der Waals surface area (Å²) in [6.45, 7) is 6.20. The molecule has 1 atom stereocenters. The van der Waals surface area contributed by atoms with E-state index in [4.69, 9.17) is 5.73 Å². The van der Waals surface area contributed by atoms with Gasteiger partial charge < -0.3 is 5.73 Å². The van der Waals surface area contributed by atoms with Crippen LogP contribution in [0.5, 0.6) is 0 Å². The summed E-state index contributed by atoms with van der Waals surface area (Å²) in [6, 6.07) is 0.393. The lowest BCUT2D eigenvalue weighted by atomic mass is 10.3. The van der Waals surface area contributed by atoms with Gasteiger partial charge >= 0.3 is 0 Å². The molecule has 0 spiro atoms. The molecule has 0 amide bonds. The SMILES string of the molecule is CC/C(N)=N/C(C)CC. The quantitative estimate of drug-likeness (QED) is 0.454. The highest BCUT2D eigenvalue weighted by Crippen LogP contribution is 1.94. The number of amidine groups is 1. The predicted molar refractivity (Wildman–Crippen MR) is 41.7 cm³/mol. The van der Waals surface area contributed by atoms with Crippen molar-refractivity contribution in [2.45, 2.75) is 39.7 Å². The fourth-order valence-electron chi connectivity index (χ4n) is 0.466. The molecule has 0 saturated heterocycles. The Morgan fingerprint density at radius 3 is 2.44 bits per heavy atom. The van der Waals surface area contributed by atoms with Crippen LogP contribution in [0.4, 0.5) is 0 Å². The second kappa shape index (κ2) is 4.36. The average Bonchev–Trinajstić information content (AvgIpc) is 1.87. The van der Waals surface area contributed by atoms with Crippen molar-refractivity contribution >= 4 is 5.84 Å². The Hall–Kier alpha value is -0.530. The zero-order valence-electron chi connectivity index (χ0n) is 6.52. The number of hydrogen-bond donors (Lipinski definition) is 1. The van der Waals surface area contributed by atoms with Crippen LogP contribution in [0.3, 0.4) is 0 Å². The van der Waals surface area contributed by atoms with Crippen molar-refractivity contribution in [2.24, 2.45) is 10.7 Å². The van der Waals surface area contributed by atoms with E-state index >= 15 is 0 Å². The number of rotatable bonds is 3. The van der Waals surface area contributed by atoms with Gasteiger partial charge in [-0.05, 0) is 13.3 Å². The average molecular weight is 128 g/mol. The minimum Gasteiger partial charge on any atom is -0.387 e. The normalized spacial score (nSPS) is 15.7. The van der Waals surface area contributed by atoms with Gasteiger partial charge in [-0.3, -0.25) is 4.99 Å². The topological polar surface area (TPSA) is 38.4 Å². The first-order valence-electron chi connectivity index (χ1n) is 3.52. The minimum atomic E-state index is 0.393. The standard InChI is InChI=1S/C7H16N2/c1-4-6(3)9-7(8)5-2/h6H,4-5H2,1-3H3,(H2,8,9). The minimum absolute atomic E-state index is 0.393. The molecule has 0 bridgehead atoms. The lowest BCUT2D eigenvalue weighted by molar-refractivity contribution is 0.713. The highest BCUT2D eigenvalue weighted by molar-refractivity contribution is 5.80. The summed E-state index contributed by atoms with van der Waals surface area (Å²) in [4.78, 5) is 4.21. The molecule has 0 rings (SSSR count). The Bertz CT molecular complexity index is 97.1. The summed E-state index contributed by atoms with van der Waals surface area (Å²) in [5.41, 5.74) is 5.50. The summed E-state index contributed by atoms with van der Waals surface area (Å²) in [5.74, 6) is 0.768. The van der Waals surface area contributed by atoms with Crippen LogP contribution in [-0.4, -0.2) is 11.9 Å². The van der Waals surface area contributed by atoms with Crippen LogP contribution in [0.15, 0.2) is 4.99 Å². The third kappa shape index (κ3) is 4.01. The zero-order chi connectivity index (χ0) is 7.28. The Labute approximate surface area is 57.2 Å². The number of aliphatic imine (C=N–C) groups is 1. The second-order valence-corrected chi connectivity index (χ2v) is 2.23. The molecule has 0 aliphatic rings. The molecule has 0 aromatic heterocycles. The molecule has 1 unspecified atom stereocenters. The first-order valence-corrected chi connectivity index (χ1v) is 3.52. The molecule has 0 fully saturated rings. The van der Waals surface area contributed by atoms with Crippen LogP contribution in [0.2, 0.25) is 0 Å². The van der Waals surface area contributed by atoms with Crippen LogP contribution in [0, 0.1) is 0 Å². The van der Waals surface area contributed by atoms with E-state index in [1.165, 1.54) is 0 Å². The molecule has 0 radical (unpaired) electrons. The highest BCUT2D eigenvalue weighted by atomic mass is 14.9. The van der Waals surface area contributed by atoms with Gasteiger partial charge in [-0.1, -0.05) is 13.8 Å². The zero-order valence-corrected chi connectivity index (χ0v) is 6.52. The third-order valence-corrected chi connectivity index (χ3v) is 1.34. The molecule has 0 saturated carbocycles. The highest BCUT2D eigenvalue weighted by Gasteiger charge is 1.93. The Morgan fingerprint density at radius 1 is 1.56 bits per heavy atom. The molecule has 0 aliphatic heterocycles. The lowest BCUT2D eigenvalue weighted by Crippen LogP contribution is -2.13. The Morgan fingerprint density at radius 2 is 2.11 bits per heavy atom. The first-order chi connectivity index (χ1) is 4.20. The van der Waals surface area contributed by atoms with Gasteiger partial charge in [0.25, 0.3) is 0 Å². The van der Waals surface area contributed by atoms with Crippen molar-refractivity contribution in [3.05, 3.63) is 0 Å². The lowest BCUT2D eigenvalue weighted by Gasteiger charge is -2.01. The van der Waals surface area contributed by atoms with E-state index < -0.39 is 0 Å². The fraction of sp³-hybridized carbons (Fsp3) is 0.857. The van der Waals surface area contributed by atoms with Gasteiger partial charge in [-0.2, -0.15) is 0 Å². The second-order valence-electron chi connectivity index (χ2n) is 2.23. The van der Waals surface area contributed by atoms with Gasteiger partial charge in [0.2, 0.25) is 0 Å². The van der Waals surface area contributed by atoms with E-state index in [0.717, 1.165) is 18.7 Å². The third-order valence-electron chi connectivity index (χ3n) is 1.34. The molecule has 0 aromatic carbocycles. The summed E-state index contributed by atoms with van der Waals surface area (Å²) >= 11 is 0. The number of nitrogens with two attached hydrogens (primary N) is 1. The molecule has 54 valence electrons. The molecule has 0 heterocycles. The van der Waals surface area contributed by atoms with Gasteiger partial charge in [-0.15, -0.1) is 0 Å². The van der Waals surface area contributed by atoms with Crippen molar-refractivity contribution in [3.63, 3.8) is 0 Å².